The highest BCUT2D eigenvalue weighted by molar-refractivity contribution is 7.87. The van der Waals surface area contributed by atoms with Crippen LogP contribution in [-0.2, 0) is 10.2 Å². The first-order valence-corrected chi connectivity index (χ1v) is 6.52. The van der Waals surface area contributed by atoms with Gasteiger partial charge >= 0.3 is 0 Å². The summed E-state index contributed by atoms with van der Waals surface area (Å²) in [5.74, 6) is 0.803. The molecule has 84 valence electrons. The van der Waals surface area contributed by atoms with Gasteiger partial charge in [-0.1, -0.05) is 6.92 Å². The van der Waals surface area contributed by atoms with Gasteiger partial charge in [0, 0.05) is 13.1 Å². The van der Waals surface area contributed by atoms with Gasteiger partial charge in [0.1, 0.15) is 0 Å². The first-order valence-electron chi connectivity index (χ1n) is 4.97. The number of likely N-dealkylation sites (tertiary alicyclic amines) is 1. The fourth-order valence-corrected chi connectivity index (χ4v) is 2.01. The van der Waals surface area contributed by atoms with Crippen LogP contribution in [-0.4, -0.2) is 39.5 Å². The van der Waals surface area contributed by atoms with Crippen molar-refractivity contribution in [3.05, 3.63) is 0 Å². The molecule has 0 aromatic carbocycles. The fraction of sp³-hybridized carbons (Fsp3) is 1.00. The van der Waals surface area contributed by atoms with Gasteiger partial charge in [0.15, 0.2) is 0 Å². The standard InChI is InChI=1S/C8H19N3O2S/c1-8-2-5-11(6-3-8)7-4-10-14(9,12)13/h8,10H,2-7H2,1H3,(H2,9,12,13). The van der Waals surface area contributed by atoms with Crippen LogP contribution in [0.15, 0.2) is 0 Å². The van der Waals surface area contributed by atoms with E-state index >= 15 is 0 Å². The highest BCUT2D eigenvalue weighted by Crippen LogP contribution is 2.14. The number of nitrogens with zero attached hydrogens (tertiary/aromatic N) is 1. The van der Waals surface area contributed by atoms with Gasteiger partial charge in [0.2, 0.25) is 0 Å². The van der Waals surface area contributed by atoms with Crippen molar-refractivity contribution in [2.75, 3.05) is 26.2 Å². The zero-order valence-electron chi connectivity index (χ0n) is 8.57. The number of nitrogens with one attached hydrogen (secondary N) is 1. The molecule has 5 nitrogen and oxygen atoms in total. The minimum atomic E-state index is -3.51. The van der Waals surface area contributed by atoms with Crippen molar-refractivity contribution < 1.29 is 8.42 Å². The molecule has 1 aliphatic heterocycles. The maximum Gasteiger partial charge on any atom is 0.274 e. The maximum absolute atomic E-state index is 10.6. The molecule has 1 rings (SSSR count). The average molecular weight is 221 g/mol. The molecule has 1 aliphatic rings. The molecule has 0 spiro atoms. The summed E-state index contributed by atoms with van der Waals surface area (Å²) in [6.07, 6.45) is 2.41. The van der Waals surface area contributed by atoms with Crippen molar-refractivity contribution in [3.8, 4) is 0 Å². The predicted octanol–water partition coefficient (Wildman–Crippen LogP) is -0.489. The van der Waals surface area contributed by atoms with Crippen LogP contribution < -0.4 is 9.86 Å². The summed E-state index contributed by atoms with van der Waals surface area (Å²) in [6, 6.07) is 0. The van der Waals surface area contributed by atoms with E-state index in [1.54, 1.807) is 0 Å². The van der Waals surface area contributed by atoms with Crippen molar-refractivity contribution in [2.45, 2.75) is 19.8 Å². The van der Waals surface area contributed by atoms with Crippen LogP contribution in [0.2, 0.25) is 0 Å². The van der Waals surface area contributed by atoms with Crippen molar-refractivity contribution in [2.24, 2.45) is 11.1 Å². The average Bonchev–Trinajstić information content (AvgIpc) is 2.06. The summed E-state index contributed by atoms with van der Waals surface area (Å²) in [4.78, 5) is 2.26. The van der Waals surface area contributed by atoms with Gasteiger partial charge in [-0.3, -0.25) is 0 Å². The first-order chi connectivity index (χ1) is 6.47. The van der Waals surface area contributed by atoms with E-state index in [-0.39, 0.29) is 0 Å². The summed E-state index contributed by atoms with van der Waals surface area (Å²) >= 11 is 0. The number of nitrogens with two attached hydrogens (primary N) is 1. The molecule has 0 atom stereocenters. The predicted molar refractivity (Wildman–Crippen MR) is 55.9 cm³/mol. The molecule has 0 bridgehead atoms. The van der Waals surface area contributed by atoms with Gasteiger partial charge in [0.05, 0.1) is 0 Å². The number of piperidine rings is 1. The molecule has 14 heavy (non-hydrogen) atoms. The molecule has 1 heterocycles. The highest BCUT2D eigenvalue weighted by atomic mass is 32.2. The van der Waals surface area contributed by atoms with E-state index in [0.717, 1.165) is 25.6 Å². The third kappa shape index (κ3) is 4.90. The lowest BCUT2D eigenvalue weighted by Crippen LogP contribution is -2.40. The topological polar surface area (TPSA) is 75.4 Å². The van der Waals surface area contributed by atoms with Crippen molar-refractivity contribution >= 4 is 10.2 Å². The second-order valence-corrected chi connectivity index (χ2v) is 5.34. The highest BCUT2D eigenvalue weighted by Gasteiger charge is 2.15. The third-order valence-electron chi connectivity index (χ3n) is 2.61. The Morgan fingerprint density at radius 2 is 2.00 bits per heavy atom. The van der Waals surface area contributed by atoms with E-state index in [9.17, 15) is 8.42 Å². The van der Waals surface area contributed by atoms with Gasteiger partial charge < -0.3 is 4.90 Å². The minimum Gasteiger partial charge on any atom is -0.302 e. The number of hydrogen-bond acceptors (Lipinski definition) is 3. The Labute approximate surface area is 85.8 Å². The molecule has 0 aromatic rings. The molecule has 0 aromatic heterocycles. The van der Waals surface area contributed by atoms with Crippen LogP contribution in [0.5, 0.6) is 0 Å². The van der Waals surface area contributed by atoms with Gasteiger partial charge in [-0.05, 0) is 31.8 Å². The molecule has 0 amide bonds. The zero-order valence-corrected chi connectivity index (χ0v) is 9.39. The fourth-order valence-electron chi connectivity index (χ4n) is 1.63. The number of hydrogen-bond donors (Lipinski definition) is 2. The molecule has 0 saturated carbocycles. The Balaban J connectivity index is 2.14. The van der Waals surface area contributed by atoms with Crippen LogP contribution in [0, 0.1) is 5.92 Å². The van der Waals surface area contributed by atoms with Crippen LogP contribution >= 0.6 is 0 Å². The molecular formula is C8H19N3O2S. The molecular weight excluding hydrogens is 202 g/mol. The summed E-state index contributed by atoms with van der Waals surface area (Å²) in [6.45, 7) is 5.54. The van der Waals surface area contributed by atoms with Crippen LogP contribution in [0.25, 0.3) is 0 Å². The Kier molecular flexibility index (Phi) is 4.31. The summed E-state index contributed by atoms with van der Waals surface area (Å²) < 4.78 is 23.4. The molecule has 6 heteroatoms. The van der Waals surface area contributed by atoms with E-state index in [1.165, 1.54) is 12.8 Å². The number of rotatable bonds is 4. The first kappa shape index (κ1) is 11.9. The second-order valence-electron chi connectivity index (χ2n) is 3.96. The molecule has 1 saturated heterocycles. The Morgan fingerprint density at radius 1 is 1.43 bits per heavy atom. The summed E-state index contributed by atoms with van der Waals surface area (Å²) in [7, 11) is -3.51. The van der Waals surface area contributed by atoms with Gasteiger partial charge in [-0.15, -0.1) is 0 Å². The second kappa shape index (κ2) is 5.06. The van der Waals surface area contributed by atoms with E-state index in [0.29, 0.717) is 6.54 Å². The summed E-state index contributed by atoms with van der Waals surface area (Å²) in [5, 5.41) is 4.82. The van der Waals surface area contributed by atoms with Gasteiger partial charge in [0.25, 0.3) is 10.2 Å². The quantitative estimate of drug-likeness (QED) is 0.673. The van der Waals surface area contributed by atoms with Gasteiger partial charge in [-0.25, -0.2) is 9.86 Å². The third-order valence-corrected chi connectivity index (χ3v) is 3.21. The molecule has 0 unspecified atom stereocenters. The lowest BCUT2D eigenvalue weighted by molar-refractivity contribution is 0.195. The van der Waals surface area contributed by atoms with Crippen molar-refractivity contribution in [1.82, 2.24) is 9.62 Å². The zero-order chi connectivity index (χ0) is 10.6. The van der Waals surface area contributed by atoms with Crippen LogP contribution in [0.4, 0.5) is 0 Å². The van der Waals surface area contributed by atoms with E-state index in [4.69, 9.17) is 5.14 Å². The van der Waals surface area contributed by atoms with E-state index in [1.807, 2.05) is 0 Å². The van der Waals surface area contributed by atoms with Gasteiger partial charge in [-0.2, -0.15) is 8.42 Å². The largest absolute Gasteiger partial charge is 0.302 e. The van der Waals surface area contributed by atoms with E-state index in [2.05, 4.69) is 16.5 Å². The Hall–Kier alpha value is -0.170. The Morgan fingerprint density at radius 3 is 2.50 bits per heavy atom. The maximum atomic E-state index is 10.6. The molecule has 3 N–H and O–H groups in total. The lowest BCUT2D eigenvalue weighted by atomic mass is 9.99. The smallest absolute Gasteiger partial charge is 0.274 e. The molecule has 0 aliphatic carbocycles. The monoisotopic (exact) mass is 221 g/mol. The Bertz CT molecular complexity index is 258. The van der Waals surface area contributed by atoms with Crippen molar-refractivity contribution in [1.29, 1.82) is 0 Å². The molecule has 0 radical (unpaired) electrons. The minimum absolute atomic E-state index is 0.410. The molecule has 1 fully saturated rings. The normalized spacial score (nSPS) is 21.3. The van der Waals surface area contributed by atoms with E-state index < -0.39 is 10.2 Å². The SMILES string of the molecule is CC1CCN(CCNS(N)(=O)=O)CC1. The lowest BCUT2D eigenvalue weighted by Gasteiger charge is -2.29. The van der Waals surface area contributed by atoms with Crippen LogP contribution in [0.1, 0.15) is 19.8 Å². The summed E-state index contributed by atoms with van der Waals surface area (Å²) in [5.41, 5.74) is 0. The van der Waals surface area contributed by atoms with Crippen LogP contribution in [0.3, 0.4) is 0 Å². The van der Waals surface area contributed by atoms with Crippen molar-refractivity contribution in [3.63, 3.8) is 0 Å².